The number of fused-ring (bicyclic) bond motifs is 1. The summed E-state index contributed by atoms with van der Waals surface area (Å²) in [5.41, 5.74) is 1.66. The summed E-state index contributed by atoms with van der Waals surface area (Å²) in [6.07, 6.45) is 0. The van der Waals surface area contributed by atoms with Crippen molar-refractivity contribution < 1.29 is 13.2 Å². The number of hydrogen-bond acceptors (Lipinski definition) is 3. The summed E-state index contributed by atoms with van der Waals surface area (Å²) >= 11 is 3.44. The van der Waals surface area contributed by atoms with Crippen molar-refractivity contribution >= 4 is 48.3 Å². The Hall–Kier alpha value is -2.12. The number of nitrogens with one attached hydrogen (secondary N) is 2. The quantitative estimate of drug-likeness (QED) is 0.687. The molecule has 1 amide bonds. The highest BCUT2D eigenvalue weighted by molar-refractivity contribution is 9.10. The van der Waals surface area contributed by atoms with E-state index in [1.807, 2.05) is 24.3 Å². The van der Waals surface area contributed by atoms with Crippen LogP contribution in [0, 0.1) is 0 Å². The third kappa shape index (κ3) is 3.09. The van der Waals surface area contributed by atoms with Crippen molar-refractivity contribution in [2.45, 2.75) is 11.8 Å². The number of para-hydroxylation sites is 1. The number of aromatic nitrogens is 1. The average molecular weight is 407 g/mol. The van der Waals surface area contributed by atoms with Crippen molar-refractivity contribution in [2.75, 3.05) is 11.1 Å². The van der Waals surface area contributed by atoms with Crippen LogP contribution in [-0.4, -0.2) is 25.1 Å². The van der Waals surface area contributed by atoms with Crippen molar-refractivity contribution in [3.63, 3.8) is 0 Å². The highest BCUT2D eigenvalue weighted by Gasteiger charge is 2.17. The van der Waals surface area contributed by atoms with Crippen molar-refractivity contribution in [1.29, 1.82) is 0 Å². The van der Waals surface area contributed by atoms with E-state index in [-0.39, 0.29) is 16.6 Å². The summed E-state index contributed by atoms with van der Waals surface area (Å²) in [4.78, 5) is 15.8. The Labute approximate surface area is 148 Å². The van der Waals surface area contributed by atoms with Gasteiger partial charge in [0.15, 0.2) is 9.84 Å². The van der Waals surface area contributed by atoms with Crippen molar-refractivity contribution in [3.05, 3.63) is 58.7 Å². The molecule has 0 spiro atoms. The van der Waals surface area contributed by atoms with E-state index in [4.69, 9.17) is 0 Å². The highest BCUT2D eigenvalue weighted by atomic mass is 79.9. The molecule has 0 aliphatic rings. The van der Waals surface area contributed by atoms with Crippen LogP contribution in [0.25, 0.3) is 10.9 Å². The van der Waals surface area contributed by atoms with Crippen molar-refractivity contribution in [2.24, 2.45) is 0 Å². The normalized spacial score (nSPS) is 11.6. The van der Waals surface area contributed by atoms with Gasteiger partial charge < -0.3 is 10.3 Å². The third-order valence-corrected chi connectivity index (χ3v) is 6.26. The molecule has 0 fully saturated rings. The van der Waals surface area contributed by atoms with Gasteiger partial charge in [0, 0.05) is 16.6 Å². The van der Waals surface area contributed by atoms with E-state index >= 15 is 0 Å². The first kappa shape index (κ1) is 16.7. The molecular weight excluding hydrogens is 392 g/mol. The zero-order chi connectivity index (χ0) is 17.3. The molecular formula is C17H15BrN2O3S. The lowest BCUT2D eigenvalue weighted by atomic mass is 10.2. The fourth-order valence-electron chi connectivity index (χ4n) is 2.39. The number of sulfone groups is 1. The lowest BCUT2D eigenvalue weighted by Crippen LogP contribution is -2.13. The van der Waals surface area contributed by atoms with Crippen LogP contribution >= 0.6 is 15.9 Å². The SMILES string of the molecule is CCS(=O)(=O)c1cccc(NC(=O)c2[nH]c3ccccc3c2Br)c1. The van der Waals surface area contributed by atoms with Crippen molar-refractivity contribution in [3.8, 4) is 0 Å². The van der Waals surface area contributed by atoms with Crippen LogP contribution in [0.5, 0.6) is 0 Å². The van der Waals surface area contributed by atoms with Crippen LogP contribution in [0.4, 0.5) is 5.69 Å². The first-order valence-electron chi connectivity index (χ1n) is 7.33. The van der Waals surface area contributed by atoms with Crippen molar-refractivity contribution in [1.82, 2.24) is 4.98 Å². The molecule has 24 heavy (non-hydrogen) atoms. The minimum Gasteiger partial charge on any atom is -0.350 e. The predicted octanol–water partition coefficient (Wildman–Crippen LogP) is 3.98. The molecule has 5 nitrogen and oxygen atoms in total. The lowest BCUT2D eigenvalue weighted by Gasteiger charge is -2.07. The number of amides is 1. The number of carbonyl (C=O) groups is 1. The van der Waals surface area contributed by atoms with E-state index in [1.165, 1.54) is 12.1 Å². The number of H-pyrrole nitrogens is 1. The van der Waals surface area contributed by atoms with Gasteiger partial charge in [0.1, 0.15) is 5.69 Å². The Bertz CT molecular complexity index is 1030. The number of benzene rings is 2. The molecule has 0 unspecified atom stereocenters. The van der Waals surface area contributed by atoms with E-state index in [9.17, 15) is 13.2 Å². The first-order chi connectivity index (χ1) is 11.4. The van der Waals surface area contributed by atoms with Gasteiger partial charge in [-0.15, -0.1) is 0 Å². The number of aromatic amines is 1. The van der Waals surface area contributed by atoms with E-state index in [2.05, 4.69) is 26.2 Å². The largest absolute Gasteiger partial charge is 0.350 e. The molecule has 124 valence electrons. The van der Waals surface area contributed by atoms with Gasteiger partial charge in [-0.25, -0.2) is 8.42 Å². The zero-order valence-electron chi connectivity index (χ0n) is 12.8. The second-order valence-electron chi connectivity index (χ2n) is 5.24. The van der Waals surface area contributed by atoms with Gasteiger partial charge in [0.25, 0.3) is 5.91 Å². The maximum Gasteiger partial charge on any atom is 0.273 e. The summed E-state index contributed by atoms with van der Waals surface area (Å²) in [6.45, 7) is 1.59. The van der Waals surface area contributed by atoms with Gasteiger partial charge in [-0.05, 0) is 40.2 Å². The van der Waals surface area contributed by atoms with Crippen LogP contribution in [0.2, 0.25) is 0 Å². The molecule has 1 aromatic heterocycles. The zero-order valence-corrected chi connectivity index (χ0v) is 15.2. The number of anilines is 1. The van der Waals surface area contributed by atoms with Crippen LogP contribution in [0.15, 0.2) is 57.9 Å². The topological polar surface area (TPSA) is 79.0 Å². The Balaban J connectivity index is 1.92. The predicted molar refractivity (Wildman–Crippen MR) is 98.1 cm³/mol. The number of carbonyl (C=O) groups excluding carboxylic acids is 1. The minimum absolute atomic E-state index is 0.0119. The van der Waals surface area contributed by atoms with Crippen LogP contribution < -0.4 is 5.32 Å². The Kier molecular flexibility index (Phi) is 4.47. The Morgan fingerprint density at radius 1 is 1.17 bits per heavy atom. The lowest BCUT2D eigenvalue weighted by molar-refractivity contribution is 0.102. The van der Waals surface area contributed by atoms with E-state index in [1.54, 1.807) is 19.1 Å². The standard InChI is InChI=1S/C17H15BrN2O3S/c1-2-24(22,23)12-7-5-6-11(10-12)19-17(21)16-15(18)13-8-3-4-9-14(13)20-16/h3-10,20H,2H2,1H3,(H,19,21). The monoisotopic (exact) mass is 406 g/mol. The molecule has 0 radical (unpaired) electrons. The number of rotatable bonds is 4. The average Bonchev–Trinajstić information content (AvgIpc) is 2.92. The van der Waals surface area contributed by atoms with Crippen LogP contribution in [-0.2, 0) is 9.84 Å². The number of halogens is 1. The molecule has 0 atom stereocenters. The molecule has 2 aromatic carbocycles. The number of hydrogen-bond donors (Lipinski definition) is 2. The highest BCUT2D eigenvalue weighted by Crippen LogP contribution is 2.28. The molecule has 0 saturated heterocycles. The summed E-state index contributed by atoms with van der Waals surface area (Å²) in [5.74, 6) is -0.332. The summed E-state index contributed by atoms with van der Waals surface area (Å²) in [6, 6.07) is 13.8. The van der Waals surface area contributed by atoms with Gasteiger partial charge >= 0.3 is 0 Å². The molecule has 0 bridgehead atoms. The van der Waals surface area contributed by atoms with Crippen LogP contribution in [0.1, 0.15) is 17.4 Å². The summed E-state index contributed by atoms with van der Waals surface area (Å²) in [7, 11) is -3.32. The van der Waals surface area contributed by atoms with Gasteiger partial charge in [-0.2, -0.15) is 0 Å². The maximum atomic E-state index is 12.5. The molecule has 7 heteroatoms. The molecule has 0 aliphatic carbocycles. The van der Waals surface area contributed by atoms with Gasteiger partial charge in [0.2, 0.25) is 0 Å². The van der Waals surface area contributed by atoms with E-state index in [0.717, 1.165) is 10.9 Å². The van der Waals surface area contributed by atoms with Gasteiger partial charge in [0.05, 0.1) is 15.1 Å². The van der Waals surface area contributed by atoms with E-state index in [0.29, 0.717) is 15.9 Å². The summed E-state index contributed by atoms with van der Waals surface area (Å²) in [5, 5.41) is 3.64. The molecule has 3 aromatic rings. The second-order valence-corrected chi connectivity index (χ2v) is 8.32. The first-order valence-corrected chi connectivity index (χ1v) is 9.77. The molecule has 0 aliphatic heterocycles. The molecule has 1 heterocycles. The second kappa shape index (κ2) is 6.41. The third-order valence-electron chi connectivity index (χ3n) is 3.70. The Morgan fingerprint density at radius 3 is 2.62 bits per heavy atom. The van der Waals surface area contributed by atoms with Crippen LogP contribution in [0.3, 0.4) is 0 Å². The van der Waals surface area contributed by atoms with Gasteiger partial charge in [-0.3, -0.25) is 4.79 Å². The summed E-state index contributed by atoms with van der Waals surface area (Å²) < 4.78 is 24.6. The smallest absolute Gasteiger partial charge is 0.273 e. The van der Waals surface area contributed by atoms with Gasteiger partial charge in [-0.1, -0.05) is 31.2 Å². The fraction of sp³-hybridized carbons (Fsp3) is 0.118. The molecule has 3 rings (SSSR count). The van der Waals surface area contributed by atoms with E-state index < -0.39 is 9.84 Å². The Morgan fingerprint density at radius 2 is 1.92 bits per heavy atom. The minimum atomic E-state index is -3.32. The molecule has 2 N–H and O–H groups in total. The molecule has 0 saturated carbocycles. The fourth-order valence-corrected chi connectivity index (χ4v) is 3.94. The maximum absolute atomic E-state index is 12.5.